The number of hydrogen-bond acceptors (Lipinski definition) is 3. The molecule has 100 valence electrons. The quantitative estimate of drug-likeness (QED) is 0.785. The maximum Gasteiger partial charge on any atom is 0.200 e. The highest BCUT2D eigenvalue weighted by molar-refractivity contribution is 5.44. The van der Waals surface area contributed by atoms with Crippen LogP contribution in [0.4, 0.5) is 0 Å². The monoisotopic (exact) mass is 257 g/mol. The van der Waals surface area contributed by atoms with Gasteiger partial charge in [-0.15, -0.1) is 10.2 Å². The van der Waals surface area contributed by atoms with Crippen LogP contribution < -0.4 is 0 Å². The highest BCUT2D eigenvalue weighted by atomic mass is 15.3. The third-order valence-electron chi connectivity index (χ3n) is 4.65. The molecule has 1 fully saturated rings. The van der Waals surface area contributed by atoms with Gasteiger partial charge in [0.25, 0.3) is 0 Å². The minimum absolute atomic E-state index is 0.801. The van der Waals surface area contributed by atoms with Gasteiger partial charge in [-0.3, -0.25) is 0 Å². The van der Waals surface area contributed by atoms with Crippen LogP contribution in [0.1, 0.15) is 31.5 Å². The van der Waals surface area contributed by atoms with Gasteiger partial charge in [0.1, 0.15) is 5.82 Å². The van der Waals surface area contributed by atoms with Gasteiger partial charge in [0.15, 0.2) is 11.6 Å². The Morgan fingerprint density at radius 2 is 2.05 bits per heavy atom. The molecule has 3 heterocycles. The molecule has 5 nitrogen and oxygen atoms in total. The van der Waals surface area contributed by atoms with Gasteiger partial charge in [0.2, 0.25) is 0 Å². The summed E-state index contributed by atoms with van der Waals surface area (Å²) in [6.45, 7) is 1.07. The Morgan fingerprint density at radius 3 is 2.89 bits per heavy atom. The molecule has 2 aromatic heterocycles. The van der Waals surface area contributed by atoms with Crippen LogP contribution in [-0.4, -0.2) is 24.3 Å². The lowest BCUT2D eigenvalue weighted by atomic mass is 9.81. The van der Waals surface area contributed by atoms with Crippen molar-refractivity contribution in [2.24, 2.45) is 18.9 Å². The van der Waals surface area contributed by atoms with Gasteiger partial charge in [-0.2, -0.15) is 0 Å². The van der Waals surface area contributed by atoms with Crippen LogP contribution in [0.2, 0.25) is 0 Å². The summed E-state index contributed by atoms with van der Waals surface area (Å²) < 4.78 is 4.34. The van der Waals surface area contributed by atoms with Crippen LogP contribution in [0.25, 0.3) is 11.6 Å². The summed E-state index contributed by atoms with van der Waals surface area (Å²) in [5.41, 5.74) is 0. The van der Waals surface area contributed by atoms with E-state index in [0.29, 0.717) is 0 Å². The fourth-order valence-electron chi connectivity index (χ4n) is 3.69. The van der Waals surface area contributed by atoms with E-state index in [9.17, 15) is 0 Å². The third-order valence-corrected chi connectivity index (χ3v) is 4.65. The summed E-state index contributed by atoms with van der Waals surface area (Å²) >= 11 is 0. The summed E-state index contributed by atoms with van der Waals surface area (Å²) in [4.78, 5) is 4.42. The number of rotatable bonds is 1. The zero-order valence-corrected chi connectivity index (χ0v) is 11.3. The first kappa shape index (κ1) is 11.2. The second-order valence-electron chi connectivity index (χ2n) is 6.01. The molecule has 19 heavy (non-hydrogen) atoms. The van der Waals surface area contributed by atoms with Gasteiger partial charge in [0.05, 0.1) is 0 Å². The first-order chi connectivity index (χ1) is 9.31. The van der Waals surface area contributed by atoms with Crippen molar-refractivity contribution < 1.29 is 0 Å². The van der Waals surface area contributed by atoms with E-state index in [0.717, 1.165) is 42.3 Å². The van der Waals surface area contributed by atoms with E-state index in [1.807, 2.05) is 24.0 Å². The van der Waals surface area contributed by atoms with Gasteiger partial charge in [0, 0.05) is 32.4 Å². The van der Waals surface area contributed by atoms with E-state index in [1.54, 1.807) is 0 Å². The van der Waals surface area contributed by atoms with Crippen molar-refractivity contribution in [1.82, 2.24) is 24.3 Å². The van der Waals surface area contributed by atoms with Crippen LogP contribution in [0.3, 0.4) is 0 Å². The summed E-state index contributed by atoms with van der Waals surface area (Å²) in [7, 11) is 2.01. The molecule has 0 aromatic carbocycles. The molecule has 0 spiro atoms. The van der Waals surface area contributed by atoms with Crippen molar-refractivity contribution >= 4 is 0 Å². The molecule has 2 aromatic rings. The van der Waals surface area contributed by atoms with E-state index in [1.165, 1.54) is 25.7 Å². The fourth-order valence-corrected chi connectivity index (χ4v) is 3.69. The maximum atomic E-state index is 4.43. The fraction of sp³-hybridized carbons (Fsp3) is 0.643. The first-order valence-corrected chi connectivity index (χ1v) is 7.21. The van der Waals surface area contributed by atoms with Gasteiger partial charge >= 0.3 is 0 Å². The number of nitrogens with zero attached hydrogens (tertiary/aromatic N) is 5. The molecule has 0 N–H and O–H groups in total. The van der Waals surface area contributed by atoms with Gasteiger partial charge in [-0.25, -0.2) is 4.98 Å². The Hall–Kier alpha value is -1.65. The molecule has 1 saturated carbocycles. The Morgan fingerprint density at radius 1 is 1.16 bits per heavy atom. The average Bonchev–Trinajstić information content (AvgIpc) is 2.95. The van der Waals surface area contributed by atoms with E-state index in [2.05, 4.69) is 19.7 Å². The average molecular weight is 257 g/mol. The standard InChI is InChI=1S/C14H19N5/c1-18-6-5-15-13(18)14-17-16-12-8-10-3-2-4-11(7-10)9-19(12)14/h5-6,10-11H,2-4,7-9H2,1H3. The molecule has 1 aliphatic heterocycles. The largest absolute Gasteiger partial charge is 0.331 e. The Bertz CT molecular complexity index is 597. The molecule has 1 aliphatic carbocycles. The normalized spacial score (nSPS) is 25.9. The Kier molecular flexibility index (Phi) is 2.47. The second kappa shape index (κ2) is 4.18. The van der Waals surface area contributed by atoms with Crippen LogP contribution in [-0.2, 0) is 20.0 Å². The van der Waals surface area contributed by atoms with Crippen molar-refractivity contribution in [3.63, 3.8) is 0 Å². The zero-order valence-electron chi connectivity index (χ0n) is 11.3. The minimum atomic E-state index is 0.801. The zero-order chi connectivity index (χ0) is 12.8. The van der Waals surface area contributed by atoms with Crippen LogP contribution in [0.15, 0.2) is 12.4 Å². The lowest BCUT2D eigenvalue weighted by Gasteiger charge is -2.25. The summed E-state index contributed by atoms with van der Waals surface area (Å²) in [5, 5.41) is 8.83. The molecular weight excluding hydrogens is 238 g/mol. The topological polar surface area (TPSA) is 48.5 Å². The van der Waals surface area contributed by atoms with Crippen molar-refractivity contribution in [3.05, 3.63) is 18.2 Å². The van der Waals surface area contributed by atoms with E-state index in [-0.39, 0.29) is 0 Å². The Balaban J connectivity index is 1.79. The van der Waals surface area contributed by atoms with Gasteiger partial charge in [-0.05, 0) is 31.1 Å². The van der Waals surface area contributed by atoms with Crippen LogP contribution in [0.5, 0.6) is 0 Å². The van der Waals surface area contributed by atoms with Crippen molar-refractivity contribution in [2.45, 2.75) is 38.6 Å². The van der Waals surface area contributed by atoms with Crippen molar-refractivity contribution in [3.8, 4) is 11.6 Å². The number of aromatic nitrogens is 5. The SMILES string of the molecule is Cn1ccnc1-c1nnc2n1CC1CCCC(C2)C1. The second-order valence-corrected chi connectivity index (χ2v) is 6.01. The van der Waals surface area contributed by atoms with Gasteiger partial charge < -0.3 is 9.13 Å². The molecule has 2 bridgehead atoms. The number of hydrogen-bond donors (Lipinski definition) is 0. The molecule has 5 heteroatoms. The van der Waals surface area contributed by atoms with E-state index in [4.69, 9.17) is 0 Å². The molecule has 2 aliphatic rings. The van der Waals surface area contributed by atoms with Crippen LogP contribution >= 0.6 is 0 Å². The first-order valence-electron chi connectivity index (χ1n) is 7.21. The van der Waals surface area contributed by atoms with Crippen molar-refractivity contribution in [2.75, 3.05) is 0 Å². The lowest BCUT2D eigenvalue weighted by molar-refractivity contribution is 0.262. The summed E-state index contributed by atoms with van der Waals surface area (Å²) in [6.07, 6.45) is 10.3. The number of imidazole rings is 1. The number of aryl methyl sites for hydroxylation is 1. The highest BCUT2D eigenvalue weighted by Gasteiger charge is 2.30. The predicted octanol–water partition coefficient (Wildman–Crippen LogP) is 2.04. The maximum absolute atomic E-state index is 4.43. The smallest absolute Gasteiger partial charge is 0.200 e. The predicted molar refractivity (Wildman–Crippen MR) is 71.4 cm³/mol. The molecule has 2 atom stereocenters. The third kappa shape index (κ3) is 1.79. The molecule has 0 amide bonds. The molecule has 0 saturated heterocycles. The van der Waals surface area contributed by atoms with Crippen molar-refractivity contribution in [1.29, 1.82) is 0 Å². The number of fused-ring (bicyclic) bond motifs is 3. The minimum Gasteiger partial charge on any atom is -0.331 e. The van der Waals surface area contributed by atoms with E-state index >= 15 is 0 Å². The molecule has 4 rings (SSSR count). The van der Waals surface area contributed by atoms with Gasteiger partial charge in [-0.1, -0.05) is 6.42 Å². The molecule has 2 unspecified atom stereocenters. The summed E-state index contributed by atoms with van der Waals surface area (Å²) in [6, 6.07) is 0. The Labute approximate surface area is 112 Å². The summed E-state index contributed by atoms with van der Waals surface area (Å²) in [5.74, 6) is 4.64. The highest BCUT2D eigenvalue weighted by Crippen LogP contribution is 2.36. The van der Waals surface area contributed by atoms with E-state index < -0.39 is 0 Å². The lowest BCUT2D eigenvalue weighted by Crippen LogP contribution is -2.17. The van der Waals surface area contributed by atoms with Crippen LogP contribution in [0, 0.1) is 11.8 Å². The molecule has 0 radical (unpaired) electrons. The molecular formula is C14H19N5.